The molecule has 0 saturated heterocycles. The monoisotopic (exact) mass is 175 g/mol. The Kier molecular flexibility index (Phi) is 3.26. The normalized spacial score (nSPS) is 13.1. The molecule has 0 radical (unpaired) electrons. The van der Waals surface area contributed by atoms with Crippen LogP contribution >= 0.6 is 0 Å². The van der Waals surface area contributed by atoms with E-state index in [9.17, 15) is 0 Å². The Labute approximate surface area is 78.2 Å². The number of rotatable bonds is 2. The van der Waals surface area contributed by atoms with E-state index in [4.69, 9.17) is 5.21 Å². The smallest absolute Gasteiger partial charge is 0.0794 e. The second kappa shape index (κ2) is 4.45. The van der Waals surface area contributed by atoms with Crippen LogP contribution in [0.4, 0.5) is 0 Å². The van der Waals surface area contributed by atoms with Crippen LogP contribution in [-0.2, 0) is 0 Å². The fourth-order valence-electron chi connectivity index (χ4n) is 0.983. The molecule has 2 heteroatoms. The third-order valence-corrected chi connectivity index (χ3v) is 1.90. The van der Waals surface area contributed by atoms with Crippen molar-refractivity contribution in [3.05, 3.63) is 41.5 Å². The lowest BCUT2D eigenvalue weighted by molar-refractivity contribution is 0.319. The average molecular weight is 175 g/mol. The summed E-state index contributed by atoms with van der Waals surface area (Å²) < 4.78 is 0. The summed E-state index contributed by atoms with van der Waals surface area (Å²) in [5, 5.41) is 11.7. The summed E-state index contributed by atoms with van der Waals surface area (Å²) in [6.07, 6.45) is 1.98. The zero-order valence-corrected chi connectivity index (χ0v) is 7.86. The van der Waals surface area contributed by atoms with Crippen LogP contribution in [0.2, 0.25) is 0 Å². The third kappa shape index (κ3) is 2.75. The van der Waals surface area contributed by atoms with Crippen molar-refractivity contribution in [3.63, 3.8) is 0 Å². The minimum absolute atomic E-state index is 0.642. The number of hydrogen-bond acceptors (Lipinski definition) is 2. The first-order chi connectivity index (χ1) is 6.24. The number of allylic oxidation sites excluding steroid dienone is 1. The third-order valence-electron chi connectivity index (χ3n) is 1.90. The van der Waals surface area contributed by atoms with E-state index < -0.39 is 0 Å². The van der Waals surface area contributed by atoms with Gasteiger partial charge in [-0.1, -0.05) is 41.6 Å². The lowest BCUT2D eigenvalue weighted by atomic mass is 10.1. The van der Waals surface area contributed by atoms with Crippen molar-refractivity contribution in [3.8, 4) is 0 Å². The van der Waals surface area contributed by atoms with Crippen LogP contribution < -0.4 is 0 Å². The largest absolute Gasteiger partial charge is 0.411 e. The first kappa shape index (κ1) is 9.52. The fourth-order valence-corrected chi connectivity index (χ4v) is 0.983. The summed E-state index contributed by atoms with van der Waals surface area (Å²) in [5.74, 6) is 0. The van der Waals surface area contributed by atoms with Gasteiger partial charge >= 0.3 is 0 Å². The van der Waals surface area contributed by atoms with Gasteiger partial charge in [-0.05, 0) is 25.0 Å². The van der Waals surface area contributed by atoms with Gasteiger partial charge in [-0.15, -0.1) is 0 Å². The zero-order valence-electron chi connectivity index (χ0n) is 7.86. The molecule has 0 fully saturated rings. The van der Waals surface area contributed by atoms with Crippen LogP contribution in [0.1, 0.15) is 19.4 Å². The Morgan fingerprint density at radius 2 is 1.85 bits per heavy atom. The Morgan fingerprint density at radius 1 is 1.23 bits per heavy atom. The Bertz CT molecular complexity index is 325. The molecule has 0 spiro atoms. The van der Waals surface area contributed by atoms with Crippen molar-refractivity contribution in [2.24, 2.45) is 5.16 Å². The van der Waals surface area contributed by atoms with E-state index in [2.05, 4.69) is 5.16 Å². The number of nitrogens with zero attached hydrogens (tertiary/aromatic N) is 1. The van der Waals surface area contributed by atoms with Gasteiger partial charge in [-0.25, -0.2) is 0 Å². The Balaban J connectivity index is 2.89. The molecule has 0 atom stereocenters. The van der Waals surface area contributed by atoms with Crippen LogP contribution in [0.15, 0.2) is 41.1 Å². The second-order valence-electron chi connectivity index (χ2n) is 2.92. The van der Waals surface area contributed by atoms with Crippen molar-refractivity contribution >= 4 is 11.8 Å². The van der Waals surface area contributed by atoms with Crippen molar-refractivity contribution in [2.75, 3.05) is 0 Å². The quantitative estimate of drug-likeness (QED) is 0.418. The molecule has 1 N–H and O–H groups in total. The highest BCUT2D eigenvalue weighted by Crippen LogP contribution is 2.06. The second-order valence-corrected chi connectivity index (χ2v) is 2.92. The minimum Gasteiger partial charge on any atom is -0.411 e. The lowest BCUT2D eigenvalue weighted by Gasteiger charge is -1.97. The SMILES string of the molecule is CC(=Cc1ccccc1)C(C)=NO. The molecule has 1 aromatic carbocycles. The van der Waals surface area contributed by atoms with E-state index in [-0.39, 0.29) is 0 Å². The van der Waals surface area contributed by atoms with E-state index in [0.29, 0.717) is 5.71 Å². The molecule has 13 heavy (non-hydrogen) atoms. The molecule has 1 aromatic rings. The molecule has 0 unspecified atom stereocenters. The van der Waals surface area contributed by atoms with Gasteiger partial charge in [0.05, 0.1) is 5.71 Å². The molecule has 0 saturated carbocycles. The Hall–Kier alpha value is -1.57. The molecule has 0 amide bonds. The summed E-state index contributed by atoms with van der Waals surface area (Å²) >= 11 is 0. The maximum Gasteiger partial charge on any atom is 0.0794 e. The molecule has 0 aliphatic rings. The van der Waals surface area contributed by atoms with E-state index >= 15 is 0 Å². The number of benzene rings is 1. The molecule has 0 aliphatic heterocycles. The van der Waals surface area contributed by atoms with Crippen LogP contribution in [0.5, 0.6) is 0 Å². The number of hydrogen-bond donors (Lipinski definition) is 1. The molecular formula is C11H13NO. The van der Waals surface area contributed by atoms with Crippen LogP contribution in [-0.4, -0.2) is 10.9 Å². The molecule has 1 rings (SSSR count). The molecule has 0 aromatic heterocycles. The van der Waals surface area contributed by atoms with E-state index in [0.717, 1.165) is 11.1 Å². The van der Waals surface area contributed by atoms with Gasteiger partial charge in [0, 0.05) is 0 Å². The zero-order chi connectivity index (χ0) is 9.68. The lowest BCUT2D eigenvalue weighted by Crippen LogP contribution is -1.92. The van der Waals surface area contributed by atoms with Gasteiger partial charge in [0.15, 0.2) is 0 Å². The first-order valence-electron chi connectivity index (χ1n) is 4.16. The topological polar surface area (TPSA) is 32.6 Å². The van der Waals surface area contributed by atoms with E-state index in [1.807, 2.05) is 43.3 Å². The molecule has 68 valence electrons. The molecule has 0 aliphatic carbocycles. The van der Waals surface area contributed by atoms with Crippen molar-refractivity contribution in [2.45, 2.75) is 13.8 Å². The van der Waals surface area contributed by atoms with Crippen LogP contribution in [0.3, 0.4) is 0 Å². The van der Waals surface area contributed by atoms with Gasteiger partial charge in [0.1, 0.15) is 0 Å². The van der Waals surface area contributed by atoms with Crippen molar-refractivity contribution < 1.29 is 5.21 Å². The van der Waals surface area contributed by atoms with Crippen LogP contribution in [0.25, 0.3) is 6.08 Å². The highest BCUT2D eigenvalue weighted by molar-refractivity contribution is 6.01. The highest BCUT2D eigenvalue weighted by atomic mass is 16.4. The highest BCUT2D eigenvalue weighted by Gasteiger charge is 1.94. The summed E-state index contributed by atoms with van der Waals surface area (Å²) in [5.41, 5.74) is 2.72. The van der Waals surface area contributed by atoms with Crippen molar-refractivity contribution in [1.29, 1.82) is 0 Å². The number of oxime groups is 1. The summed E-state index contributed by atoms with van der Waals surface area (Å²) in [7, 11) is 0. The minimum atomic E-state index is 0.642. The fraction of sp³-hybridized carbons (Fsp3) is 0.182. The summed E-state index contributed by atoms with van der Waals surface area (Å²) in [6.45, 7) is 3.69. The van der Waals surface area contributed by atoms with Gasteiger partial charge in [-0.3, -0.25) is 0 Å². The van der Waals surface area contributed by atoms with Gasteiger partial charge in [0.2, 0.25) is 0 Å². The Morgan fingerprint density at radius 3 is 2.38 bits per heavy atom. The first-order valence-corrected chi connectivity index (χ1v) is 4.16. The van der Waals surface area contributed by atoms with Gasteiger partial charge in [0.25, 0.3) is 0 Å². The van der Waals surface area contributed by atoms with Crippen LogP contribution in [0, 0.1) is 0 Å². The van der Waals surface area contributed by atoms with Gasteiger partial charge < -0.3 is 5.21 Å². The average Bonchev–Trinajstić information content (AvgIpc) is 2.18. The predicted molar refractivity (Wildman–Crippen MR) is 55.0 cm³/mol. The van der Waals surface area contributed by atoms with Gasteiger partial charge in [-0.2, -0.15) is 0 Å². The summed E-state index contributed by atoms with van der Waals surface area (Å²) in [4.78, 5) is 0. The molecule has 0 bridgehead atoms. The predicted octanol–water partition coefficient (Wildman–Crippen LogP) is 2.94. The maximum atomic E-state index is 8.53. The molecular weight excluding hydrogens is 162 g/mol. The molecule has 2 nitrogen and oxygen atoms in total. The van der Waals surface area contributed by atoms with E-state index in [1.54, 1.807) is 6.92 Å². The maximum absolute atomic E-state index is 8.53. The standard InChI is InChI=1S/C11H13NO/c1-9(10(2)12-13)8-11-6-4-3-5-7-11/h3-8,13H,1-2H3. The summed E-state index contributed by atoms with van der Waals surface area (Å²) in [6, 6.07) is 9.94. The van der Waals surface area contributed by atoms with Crippen molar-refractivity contribution in [1.82, 2.24) is 0 Å². The van der Waals surface area contributed by atoms with E-state index in [1.165, 1.54) is 0 Å². The molecule has 0 heterocycles.